The molecule has 1 unspecified atom stereocenters. The minimum Gasteiger partial charge on any atom is -0.366 e. The van der Waals surface area contributed by atoms with Crippen LogP contribution in [0.2, 0.25) is 0 Å². The molecule has 5 heteroatoms. The number of nitrogens with one attached hydrogen (secondary N) is 1. The minimum absolute atomic E-state index is 0.118. The van der Waals surface area contributed by atoms with E-state index in [4.69, 9.17) is 4.74 Å². The first kappa shape index (κ1) is 18.1. The molecule has 0 radical (unpaired) electrons. The van der Waals surface area contributed by atoms with Gasteiger partial charge in [-0.05, 0) is 73.5 Å². The van der Waals surface area contributed by atoms with Gasteiger partial charge in [-0.15, -0.1) is 0 Å². The number of hydrogen-bond acceptors (Lipinski definition) is 3. The summed E-state index contributed by atoms with van der Waals surface area (Å²) in [6.07, 6.45) is 6.45. The molecule has 1 heterocycles. The van der Waals surface area contributed by atoms with Crippen molar-refractivity contribution >= 4 is 21.8 Å². The molecular weight excluding hydrogens is 404 g/mol. The van der Waals surface area contributed by atoms with Crippen molar-refractivity contribution in [2.45, 2.75) is 50.8 Å². The molecular formula is C22H29BrN2O2. The predicted molar refractivity (Wildman–Crippen MR) is 108 cm³/mol. The largest absolute Gasteiger partial charge is 0.366 e. The van der Waals surface area contributed by atoms with Crippen LogP contribution < -0.4 is 5.32 Å². The van der Waals surface area contributed by atoms with Gasteiger partial charge < -0.3 is 10.1 Å². The number of nitrogens with zero attached hydrogens (tertiary/aromatic N) is 1. The van der Waals surface area contributed by atoms with E-state index in [0.29, 0.717) is 31.0 Å². The summed E-state index contributed by atoms with van der Waals surface area (Å²) in [5.74, 6) is 3.43. The third-order valence-corrected chi connectivity index (χ3v) is 7.83. The van der Waals surface area contributed by atoms with E-state index in [1.807, 2.05) is 0 Å². The molecule has 1 atom stereocenters. The summed E-state index contributed by atoms with van der Waals surface area (Å²) >= 11 is 3.49. The predicted octanol–water partition coefficient (Wildman–Crippen LogP) is 3.59. The second-order valence-electron chi connectivity index (χ2n) is 9.19. The Morgan fingerprint density at radius 1 is 1.07 bits per heavy atom. The molecule has 4 bridgehead atoms. The number of carbonyl (C=O) groups is 1. The number of morpholine rings is 1. The molecule has 27 heavy (non-hydrogen) atoms. The van der Waals surface area contributed by atoms with Crippen molar-refractivity contribution in [2.75, 3.05) is 19.7 Å². The molecule has 5 fully saturated rings. The Morgan fingerprint density at radius 3 is 2.41 bits per heavy atom. The number of halogens is 1. The molecule has 0 spiro atoms. The zero-order valence-electron chi connectivity index (χ0n) is 15.8. The molecule has 5 aliphatic rings. The van der Waals surface area contributed by atoms with Crippen LogP contribution in [-0.4, -0.2) is 42.6 Å². The highest BCUT2D eigenvalue weighted by Crippen LogP contribution is 2.53. The quantitative estimate of drug-likeness (QED) is 0.789. The van der Waals surface area contributed by atoms with E-state index in [9.17, 15) is 4.79 Å². The topological polar surface area (TPSA) is 41.6 Å². The van der Waals surface area contributed by atoms with Crippen molar-refractivity contribution in [2.24, 2.45) is 23.7 Å². The number of rotatable bonds is 4. The third kappa shape index (κ3) is 3.83. The Hall–Kier alpha value is -0.910. The van der Waals surface area contributed by atoms with Crippen molar-refractivity contribution in [1.29, 1.82) is 0 Å². The third-order valence-electron chi connectivity index (χ3n) is 7.30. The maximum absolute atomic E-state index is 13.0. The Bertz CT molecular complexity index is 664. The van der Waals surface area contributed by atoms with Crippen molar-refractivity contribution in [3.05, 3.63) is 34.3 Å². The van der Waals surface area contributed by atoms with E-state index >= 15 is 0 Å². The molecule has 4 nitrogen and oxygen atoms in total. The molecule has 1 saturated heterocycles. The smallest absolute Gasteiger partial charge is 0.250 e. The summed E-state index contributed by atoms with van der Waals surface area (Å²) in [4.78, 5) is 15.3. The molecule has 146 valence electrons. The summed E-state index contributed by atoms with van der Waals surface area (Å²) in [5, 5.41) is 3.43. The average molecular weight is 433 g/mol. The lowest BCUT2D eigenvalue weighted by Crippen LogP contribution is -2.59. The van der Waals surface area contributed by atoms with Crippen molar-refractivity contribution in [3.63, 3.8) is 0 Å². The fourth-order valence-electron chi connectivity index (χ4n) is 6.27. The van der Waals surface area contributed by atoms with Gasteiger partial charge in [-0.25, -0.2) is 0 Å². The van der Waals surface area contributed by atoms with Gasteiger partial charge >= 0.3 is 0 Å². The lowest BCUT2D eigenvalue weighted by Gasteiger charge is -2.54. The second kappa shape index (κ2) is 7.49. The number of benzene rings is 1. The van der Waals surface area contributed by atoms with Gasteiger partial charge in [0.25, 0.3) is 5.91 Å². The summed E-state index contributed by atoms with van der Waals surface area (Å²) in [5.41, 5.74) is 1.28. The van der Waals surface area contributed by atoms with Gasteiger partial charge in [0.05, 0.1) is 6.61 Å². The van der Waals surface area contributed by atoms with Crippen LogP contribution in [0.4, 0.5) is 0 Å². The highest BCUT2D eigenvalue weighted by molar-refractivity contribution is 9.10. The van der Waals surface area contributed by atoms with Gasteiger partial charge in [-0.2, -0.15) is 0 Å². The van der Waals surface area contributed by atoms with Crippen LogP contribution in [0.5, 0.6) is 0 Å². The van der Waals surface area contributed by atoms with Crippen LogP contribution >= 0.6 is 15.9 Å². The van der Waals surface area contributed by atoms with Gasteiger partial charge in [0, 0.05) is 30.1 Å². The fraction of sp³-hybridized carbons (Fsp3) is 0.682. The molecule has 1 aromatic carbocycles. The zero-order chi connectivity index (χ0) is 18.4. The number of carbonyl (C=O) groups excluding carboxylic acids is 1. The first-order chi connectivity index (χ1) is 13.1. The van der Waals surface area contributed by atoms with Crippen LogP contribution in [0, 0.1) is 23.7 Å². The SMILES string of the molecule is O=C(NC1C2CC3CC(C2)CC1C3)C1CN(Cc2ccc(Br)cc2)CCO1. The molecule has 4 saturated carbocycles. The number of hydrogen-bond donors (Lipinski definition) is 1. The lowest BCUT2D eigenvalue weighted by molar-refractivity contribution is -0.142. The Kier molecular flexibility index (Phi) is 5.03. The Labute approximate surface area is 170 Å². The van der Waals surface area contributed by atoms with Crippen LogP contribution in [0.25, 0.3) is 0 Å². The summed E-state index contributed by atoms with van der Waals surface area (Å²) in [6, 6.07) is 8.83. The van der Waals surface area contributed by atoms with E-state index in [-0.39, 0.29) is 12.0 Å². The van der Waals surface area contributed by atoms with Crippen LogP contribution in [-0.2, 0) is 16.1 Å². The van der Waals surface area contributed by atoms with Gasteiger partial charge in [0.15, 0.2) is 0 Å². The number of ether oxygens (including phenoxy) is 1. The van der Waals surface area contributed by atoms with E-state index in [1.54, 1.807) is 0 Å². The van der Waals surface area contributed by atoms with E-state index in [1.165, 1.54) is 37.7 Å². The molecule has 0 aromatic heterocycles. The normalized spacial score (nSPS) is 38.1. The van der Waals surface area contributed by atoms with Crippen LogP contribution in [0.1, 0.15) is 37.7 Å². The van der Waals surface area contributed by atoms with Crippen LogP contribution in [0.3, 0.4) is 0 Å². The molecule has 1 aromatic rings. The number of amides is 1. The highest BCUT2D eigenvalue weighted by atomic mass is 79.9. The summed E-state index contributed by atoms with van der Waals surface area (Å²) < 4.78 is 6.96. The molecule has 1 amide bonds. The second-order valence-corrected chi connectivity index (χ2v) is 10.1. The standard InChI is InChI=1S/C22H29BrN2O2/c23-19-3-1-14(2-4-19)12-25-5-6-27-20(13-25)22(26)24-21-17-8-15-7-16(10-17)11-18(21)9-15/h1-4,15-18,20-21H,5-13H2,(H,24,26). The van der Waals surface area contributed by atoms with E-state index in [2.05, 4.69) is 50.4 Å². The van der Waals surface area contributed by atoms with Crippen LogP contribution in [0.15, 0.2) is 28.7 Å². The van der Waals surface area contributed by atoms with Crippen molar-refractivity contribution in [1.82, 2.24) is 10.2 Å². The maximum Gasteiger partial charge on any atom is 0.250 e. The van der Waals surface area contributed by atoms with Crippen molar-refractivity contribution in [3.8, 4) is 0 Å². The van der Waals surface area contributed by atoms with Crippen molar-refractivity contribution < 1.29 is 9.53 Å². The molecule has 6 rings (SSSR count). The maximum atomic E-state index is 13.0. The van der Waals surface area contributed by atoms with E-state index in [0.717, 1.165) is 29.4 Å². The van der Waals surface area contributed by atoms with Gasteiger partial charge in [0.2, 0.25) is 0 Å². The highest BCUT2D eigenvalue weighted by Gasteiger charge is 2.49. The average Bonchev–Trinajstić information content (AvgIpc) is 2.66. The Morgan fingerprint density at radius 2 is 1.74 bits per heavy atom. The monoisotopic (exact) mass is 432 g/mol. The first-order valence-electron chi connectivity index (χ1n) is 10.5. The Balaban J connectivity index is 1.18. The lowest BCUT2D eigenvalue weighted by atomic mass is 9.54. The minimum atomic E-state index is -0.327. The zero-order valence-corrected chi connectivity index (χ0v) is 17.4. The molecule has 1 N–H and O–H groups in total. The van der Waals surface area contributed by atoms with Gasteiger partial charge in [0.1, 0.15) is 6.10 Å². The summed E-state index contributed by atoms with van der Waals surface area (Å²) in [7, 11) is 0. The van der Waals surface area contributed by atoms with Gasteiger partial charge in [-0.1, -0.05) is 28.1 Å². The molecule has 1 aliphatic heterocycles. The summed E-state index contributed by atoms with van der Waals surface area (Å²) in [6.45, 7) is 3.09. The molecule has 4 aliphatic carbocycles. The van der Waals surface area contributed by atoms with Gasteiger partial charge in [-0.3, -0.25) is 9.69 Å². The fourth-order valence-corrected chi connectivity index (χ4v) is 6.54. The first-order valence-corrected chi connectivity index (χ1v) is 11.3. The van der Waals surface area contributed by atoms with E-state index < -0.39 is 0 Å².